The van der Waals surface area contributed by atoms with E-state index in [9.17, 15) is 0 Å². The molecule has 0 aliphatic carbocycles. The van der Waals surface area contributed by atoms with Gasteiger partial charge in [-0.15, -0.1) is 0 Å². The zero-order chi connectivity index (χ0) is 16.9. The quantitative estimate of drug-likeness (QED) is 0.572. The summed E-state index contributed by atoms with van der Waals surface area (Å²) >= 11 is 3.93. The SMILES string of the molecule is c1cc(Cc2ccc(CSCC3CO3)cc2)ccc1CSCC1CO1. The molecule has 2 aliphatic rings. The Hall–Kier alpha value is -0.940. The smallest absolute Gasteiger partial charge is 0.0900 e. The summed E-state index contributed by atoms with van der Waals surface area (Å²) in [6.07, 6.45) is 2.05. The predicted molar refractivity (Wildman–Crippen MR) is 107 cm³/mol. The summed E-state index contributed by atoms with van der Waals surface area (Å²) in [5, 5.41) is 0. The van der Waals surface area contributed by atoms with Gasteiger partial charge in [0.1, 0.15) is 0 Å². The highest BCUT2D eigenvalue weighted by Gasteiger charge is 2.22. The van der Waals surface area contributed by atoms with Crippen molar-refractivity contribution in [3.05, 3.63) is 70.8 Å². The van der Waals surface area contributed by atoms with E-state index in [2.05, 4.69) is 48.5 Å². The van der Waals surface area contributed by atoms with Gasteiger partial charge in [0, 0.05) is 23.0 Å². The number of thioether (sulfide) groups is 2. The Morgan fingerprint density at radius 2 is 1.00 bits per heavy atom. The van der Waals surface area contributed by atoms with Crippen molar-refractivity contribution >= 4 is 23.5 Å². The van der Waals surface area contributed by atoms with Gasteiger partial charge in [0.2, 0.25) is 0 Å². The topological polar surface area (TPSA) is 25.1 Å². The fraction of sp³-hybridized carbons (Fsp3) is 0.429. The molecule has 0 aromatic heterocycles. The summed E-state index contributed by atoms with van der Waals surface area (Å²) in [6, 6.07) is 18.1. The lowest BCUT2D eigenvalue weighted by Gasteiger charge is -2.06. The zero-order valence-electron chi connectivity index (χ0n) is 14.4. The fourth-order valence-electron chi connectivity index (χ4n) is 2.69. The van der Waals surface area contributed by atoms with E-state index in [-0.39, 0.29) is 0 Å². The van der Waals surface area contributed by atoms with Gasteiger partial charge >= 0.3 is 0 Å². The molecule has 2 nitrogen and oxygen atoms in total. The number of hydrogen-bond donors (Lipinski definition) is 0. The Kier molecular flexibility index (Phi) is 6.03. The molecule has 0 bridgehead atoms. The Labute approximate surface area is 158 Å². The molecule has 2 saturated heterocycles. The highest BCUT2D eigenvalue weighted by molar-refractivity contribution is 7.98. The lowest BCUT2D eigenvalue weighted by molar-refractivity contribution is 0.426. The van der Waals surface area contributed by atoms with Crippen LogP contribution >= 0.6 is 23.5 Å². The molecule has 0 spiro atoms. The normalized spacial score (nSPS) is 21.3. The fourth-order valence-corrected chi connectivity index (χ4v) is 4.69. The van der Waals surface area contributed by atoms with E-state index < -0.39 is 0 Å². The molecule has 2 atom stereocenters. The molecular formula is C21H24O2S2. The van der Waals surface area contributed by atoms with Gasteiger partial charge in [-0.05, 0) is 28.7 Å². The molecule has 2 heterocycles. The van der Waals surface area contributed by atoms with E-state index in [4.69, 9.17) is 9.47 Å². The lowest BCUT2D eigenvalue weighted by Crippen LogP contribution is -1.93. The van der Waals surface area contributed by atoms with Crippen LogP contribution in [0.5, 0.6) is 0 Å². The summed E-state index contributed by atoms with van der Waals surface area (Å²) in [5.74, 6) is 4.41. The van der Waals surface area contributed by atoms with Crippen LogP contribution < -0.4 is 0 Å². The van der Waals surface area contributed by atoms with E-state index in [0.29, 0.717) is 12.2 Å². The maximum absolute atomic E-state index is 5.25. The van der Waals surface area contributed by atoms with Gasteiger partial charge in [-0.3, -0.25) is 0 Å². The van der Waals surface area contributed by atoms with Crippen LogP contribution in [0.3, 0.4) is 0 Å². The lowest BCUT2D eigenvalue weighted by atomic mass is 10.0. The first kappa shape index (κ1) is 17.5. The van der Waals surface area contributed by atoms with Crippen LogP contribution in [-0.2, 0) is 27.4 Å². The standard InChI is InChI=1S/C21H24O2S2/c1-5-18(12-24-14-20-10-22-20)6-2-16(1)9-17-3-7-19(8-4-17)13-25-15-21-11-23-21/h1-8,20-21H,9-15H2. The minimum absolute atomic E-state index is 0.521. The minimum Gasteiger partial charge on any atom is -0.372 e. The highest BCUT2D eigenvalue weighted by atomic mass is 32.2. The van der Waals surface area contributed by atoms with Crippen LogP contribution in [0.2, 0.25) is 0 Å². The molecular weight excluding hydrogens is 348 g/mol. The molecule has 0 N–H and O–H groups in total. The van der Waals surface area contributed by atoms with E-state index in [1.807, 2.05) is 23.5 Å². The van der Waals surface area contributed by atoms with Crippen molar-refractivity contribution in [3.8, 4) is 0 Å². The molecule has 4 heteroatoms. The molecule has 2 aromatic rings. The van der Waals surface area contributed by atoms with Crippen molar-refractivity contribution in [1.82, 2.24) is 0 Å². The Morgan fingerprint density at radius 3 is 1.36 bits per heavy atom. The van der Waals surface area contributed by atoms with E-state index >= 15 is 0 Å². The Bertz CT molecular complexity index is 602. The minimum atomic E-state index is 0.521. The largest absolute Gasteiger partial charge is 0.372 e. The monoisotopic (exact) mass is 372 g/mol. The number of hydrogen-bond acceptors (Lipinski definition) is 4. The van der Waals surface area contributed by atoms with Gasteiger partial charge in [-0.25, -0.2) is 0 Å². The molecule has 0 radical (unpaired) electrons. The maximum Gasteiger partial charge on any atom is 0.0900 e. The van der Waals surface area contributed by atoms with Gasteiger partial charge < -0.3 is 9.47 Å². The average Bonchev–Trinajstić information content (AvgIpc) is 3.53. The molecule has 0 amide bonds. The summed E-state index contributed by atoms with van der Waals surface area (Å²) in [5.41, 5.74) is 5.57. The molecule has 2 aliphatic heterocycles. The maximum atomic E-state index is 5.25. The number of epoxide rings is 2. The van der Waals surface area contributed by atoms with Gasteiger partial charge in [-0.2, -0.15) is 23.5 Å². The molecule has 2 fully saturated rings. The van der Waals surface area contributed by atoms with Gasteiger partial charge in [0.25, 0.3) is 0 Å². The van der Waals surface area contributed by atoms with Crippen LogP contribution in [0.4, 0.5) is 0 Å². The Morgan fingerprint density at radius 1 is 0.640 bits per heavy atom. The van der Waals surface area contributed by atoms with Crippen LogP contribution in [0, 0.1) is 0 Å². The number of ether oxygens (including phenoxy) is 2. The van der Waals surface area contributed by atoms with Gasteiger partial charge in [-0.1, -0.05) is 48.5 Å². The van der Waals surface area contributed by atoms with Crippen LogP contribution in [0.1, 0.15) is 22.3 Å². The molecule has 25 heavy (non-hydrogen) atoms. The van der Waals surface area contributed by atoms with Crippen LogP contribution in [0.15, 0.2) is 48.5 Å². The highest BCUT2D eigenvalue weighted by Crippen LogP contribution is 2.22. The van der Waals surface area contributed by atoms with Crippen LogP contribution in [-0.4, -0.2) is 36.9 Å². The second-order valence-corrected chi connectivity index (χ2v) is 8.81. The summed E-state index contributed by atoms with van der Waals surface area (Å²) < 4.78 is 10.5. The van der Waals surface area contributed by atoms with Crippen LogP contribution in [0.25, 0.3) is 0 Å². The van der Waals surface area contributed by atoms with Crippen molar-refractivity contribution in [2.24, 2.45) is 0 Å². The second kappa shape index (κ2) is 8.63. The van der Waals surface area contributed by atoms with Crippen molar-refractivity contribution in [1.29, 1.82) is 0 Å². The molecule has 0 saturated carbocycles. The number of rotatable bonds is 10. The van der Waals surface area contributed by atoms with Crippen molar-refractivity contribution in [2.75, 3.05) is 24.7 Å². The summed E-state index contributed by atoms with van der Waals surface area (Å²) in [7, 11) is 0. The first-order chi connectivity index (χ1) is 12.3. The third-order valence-electron chi connectivity index (χ3n) is 4.40. The average molecular weight is 373 g/mol. The van der Waals surface area contributed by atoms with Crippen molar-refractivity contribution in [2.45, 2.75) is 30.1 Å². The summed E-state index contributed by atoms with van der Waals surface area (Å²) in [6.45, 7) is 1.91. The van der Waals surface area contributed by atoms with Gasteiger partial charge in [0.05, 0.1) is 25.4 Å². The van der Waals surface area contributed by atoms with Crippen molar-refractivity contribution in [3.63, 3.8) is 0 Å². The Balaban J connectivity index is 1.22. The molecule has 2 aromatic carbocycles. The molecule has 4 rings (SSSR count). The third kappa shape index (κ3) is 6.07. The second-order valence-electron chi connectivity index (χ2n) is 6.75. The molecule has 132 valence electrons. The third-order valence-corrected chi connectivity index (χ3v) is 6.69. The van der Waals surface area contributed by atoms with Gasteiger partial charge in [0.15, 0.2) is 0 Å². The zero-order valence-corrected chi connectivity index (χ0v) is 16.0. The van der Waals surface area contributed by atoms with Crippen molar-refractivity contribution < 1.29 is 9.47 Å². The summed E-state index contributed by atoms with van der Waals surface area (Å²) in [4.78, 5) is 0. The first-order valence-electron chi connectivity index (χ1n) is 8.89. The van der Waals surface area contributed by atoms with E-state index in [1.54, 1.807) is 0 Å². The molecule has 2 unspecified atom stereocenters. The van der Waals surface area contributed by atoms with E-state index in [1.165, 1.54) is 22.3 Å². The van der Waals surface area contributed by atoms with E-state index in [0.717, 1.165) is 42.6 Å². The first-order valence-corrected chi connectivity index (χ1v) is 11.2. The predicted octanol–water partition coefficient (Wildman–Crippen LogP) is 4.54. The number of benzene rings is 2.